The molecule has 10 N–H and O–H groups in total. The van der Waals surface area contributed by atoms with Crippen LogP contribution in [-0.4, -0.2) is 82.3 Å². The lowest BCUT2D eigenvalue weighted by Gasteiger charge is -2.27. The number of carboxylic acid groups (broad SMARTS) is 2. The summed E-state index contributed by atoms with van der Waals surface area (Å²) in [7, 11) is 0. The second-order valence-corrected chi connectivity index (χ2v) is 7.50. The van der Waals surface area contributed by atoms with Gasteiger partial charge >= 0.3 is 11.9 Å². The van der Waals surface area contributed by atoms with Gasteiger partial charge in [0, 0.05) is 0 Å². The minimum absolute atomic E-state index is 0.292. The fraction of sp³-hybridized carbons (Fsp3) is 0.737. The number of aliphatic hydroxyl groups excluding tert-OH is 1. The number of unbranched alkanes of at least 4 members (excludes halogenated alkanes) is 1. The van der Waals surface area contributed by atoms with Gasteiger partial charge in [0.25, 0.3) is 0 Å². The molecule has 0 bridgehead atoms. The van der Waals surface area contributed by atoms with Crippen LogP contribution >= 0.6 is 0 Å². The summed E-state index contributed by atoms with van der Waals surface area (Å²) in [4.78, 5) is 59.8. The largest absolute Gasteiger partial charge is 0.481 e. The quantitative estimate of drug-likeness (QED) is 0.112. The van der Waals surface area contributed by atoms with E-state index in [9.17, 15) is 24.0 Å². The number of carbonyl (C=O) groups is 5. The maximum Gasteiger partial charge on any atom is 0.328 e. The lowest BCUT2D eigenvalue weighted by atomic mass is 9.97. The summed E-state index contributed by atoms with van der Waals surface area (Å²) in [6.45, 7) is 2.92. The van der Waals surface area contributed by atoms with Crippen molar-refractivity contribution in [3.8, 4) is 0 Å². The number of hydrogen-bond donors (Lipinski definition) is 8. The Hall–Kier alpha value is -2.77. The van der Waals surface area contributed by atoms with Gasteiger partial charge in [0.2, 0.25) is 17.7 Å². The third-order valence-electron chi connectivity index (χ3n) is 4.91. The smallest absolute Gasteiger partial charge is 0.328 e. The van der Waals surface area contributed by atoms with Crippen molar-refractivity contribution in [2.24, 2.45) is 17.4 Å². The van der Waals surface area contributed by atoms with E-state index in [1.165, 1.54) is 0 Å². The average Bonchev–Trinajstić information content (AvgIpc) is 2.73. The van der Waals surface area contributed by atoms with Gasteiger partial charge in [0.15, 0.2) is 0 Å². The van der Waals surface area contributed by atoms with Crippen LogP contribution in [0, 0.1) is 5.92 Å². The molecule has 0 aliphatic heterocycles. The monoisotopic (exact) mass is 461 g/mol. The maximum atomic E-state index is 12.7. The van der Waals surface area contributed by atoms with Gasteiger partial charge in [-0.05, 0) is 25.3 Å². The SMILES string of the molecule is CCC(C)C(NC(=O)C(CC(=O)O)NC(=O)C(N)CCCCN)C(=O)NC(CO)C(=O)O. The maximum absolute atomic E-state index is 12.7. The Kier molecular flexibility index (Phi) is 13.8. The molecule has 0 spiro atoms. The van der Waals surface area contributed by atoms with Crippen molar-refractivity contribution in [3.63, 3.8) is 0 Å². The standard InChI is InChI=1S/C19H35N5O8/c1-3-10(2)15(18(30)23-13(9-25)19(31)32)24-17(29)12(8-14(26)27)22-16(28)11(21)6-4-5-7-20/h10-13,15,25H,3-9,20-21H2,1-2H3,(H,22,28)(H,23,30)(H,24,29)(H,26,27)(H,31,32). The minimum Gasteiger partial charge on any atom is -0.481 e. The van der Waals surface area contributed by atoms with Gasteiger partial charge in [-0.3, -0.25) is 19.2 Å². The first-order chi connectivity index (χ1) is 15.0. The number of nitrogens with two attached hydrogens (primary N) is 2. The van der Waals surface area contributed by atoms with Gasteiger partial charge in [0.05, 0.1) is 19.1 Å². The van der Waals surface area contributed by atoms with Gasteiger partial charge in [0.1, 0.15) is 18.1 Å². The van der Waals surface area contributed by atoms with E-state index in [0.717, 1.165) is 0 Å². The van der Waals surface area contributed by atoms with E-state index in [4.69, 9.17) is 26.8 Å². The van der Waals surface area contributed by atoms with E-state index in [-0.39, 0.29) is 0 Å². The number of amides is 3. The molecular weight excluding hydrogens is 426 g/mol. The third-order valence-corrected chi connectivity index (χ3v) is 4.91. The number of hydrogen-bond acceptors (Lipinski definition) is 8. The second kappa shape index (κ2) is 15.1. The highest BCUT2D eigenvalue weighted by atomic mass is 16.4. The molecule has 3 amide bonds. The van der Waals surface area contributed by atoms with E-state index >= 15 is 0 Å². The highest BCUT2D eigenvalue weighted by Crippen LogP contribution is 2.10. The molecule has 0 radical (unpaired) electrons. The Morgan fingerprint density at radius 1 is 0.906 bits per heavy atom. The number of nitrogens with one attached hydrogen (secondary N) is 3. The fourth-order valence-corrected chi connectivity index (χ4v) is 2.71. The summed E-state index contributed by atoms with van der Waals surface area (Å²) in [6.07, 6.45) is 1.18. The molecule has 0 saturated heterocycles. The Bertz CT molecular complexity index is 660. The summed E-state index contributed by atoms with van der Waals surface area (Å²) in [6, 6.07) is -5.28. The molecule has 5 unspecified atom stereocenters. The van der Waals surface area contributed by atoms with Crippen LogP contribution < -0.4 is 27.4 Å². The molecule has 0 fully saturated rings. The lowest BCUT2D eigenvalue weighted by Crippen LogP contribution is -2.59. The molecule has 0 aromatic carbocycles. The van der Waals surface area contributed by atoms with Crippen molar-refractivity contribution >= 4 is 29.7 Å². The van der Waals surface area contributed by atoms with Crippen molar-refractivity contribution in [1.29, 1.82) is 0 Å². The van der Waals surface area contributed by atoms with Gasteiger partial charge < -0.3 is 42.7 Å². The van der Waals surface area contributed by atoms with Gasteiger partial charge in [-0.15, -0.1) is 0 Å². The summed E-state index contributed by atoms with van der Waals surface area (Å²) in [5.74, 6) is -5.82. The van der Waals surface area contributed by atoms with Gasteiger partial charge in [-0.25, -0.2) is 4.79 Å². The van der Waals surface area contributed by atoms with Crippen molar-refractivity contribution in [3.05, 3.63) is 0 Å². The Labute approximate surface area is 186 Å². The van der Waals surface area contributed by atoms with Crippen LogP contribution in [0.5, 0.6) is 0 Å². The summed E-state index contributed by atoms with van der Waals surface area (Å²) < 4.78 is 0. The molecule has 5 atom stereocenters. The first kappa shape index (κ1) is 29.2. The highest BCUT2D eigenvalue weighted by molar-refractivity contribution is 5.95. The fourth-order valence-electron chi connectivity index (χ4n) is 2.71. The number of carboxylic acids is 2. The second-order valence-electron chi connectivity index (χ2n) is 7.50. The molecule has 184 valence electrons. The van der Waals surface area contributed by atoms with E-state index in [1.807, 2.05) is 0 Å². The molecule has 0 heterocycles. The zero-order chi connectivity index (χ0) is 24.8. The minimum atomic E-state index is -1.58. The number of rotatable bonds is 16. The van der Waals surface area contributed by atoms with Crippen LogP contribution in [0.15, 0.2) is 0 Å². The van der Waals surface area contributed by atoms with E-state index in [0.29, 0.717) is 32.2 Å². The highest BCUT2D eigenvalue weighted by Gasteiger charge is 2.33. The molecule has 13 heteroatoms. The van der Waals surface area contributed by atoms with E-state index in [2.05, 4.69) is 16.0 Å². The number of carbonyl (C=O) groups excluding carboxylic acids is 3. The summed E-state index contributed by atoms with van der Waals surface area (Å²) in [5.41, 5.74) is 11.2. The average molecular weight is 462 g/mol. The predicted octanol–water partition coefficient (Wildman–Crippen LogP) is -2.51. The Morgan fingerprint density at radius 3 is 1.97 bits per heavy atom. The molecule has 0 rings (SSSR count). The molecule has 0 aliphatic carbocycles. The molecule has 32 heavy (non-hydrogen) atoms. The molecule has 13 nitrogen and oxygen atoms in total. The normalized spacial score (nSPS) is 15.5. The Balaban J connectivity index is 5.40. The topological polar surface area (TPSA) is 234 Å². The first-order valence-electron chi connectivity index (χ1n) is 10.4. The number of aliphatic hydroxyl groups is 1. The Morgan fingerprint density at radius 2 is 1.50 bits per heavy atom. The van der Waals surface area contributed by atoms with Crippen molar-refractivity contribution < 1.29 is 39.3 Å². The van der Waals surface area contributed by atoms with Crippen LogP contribution in [0.25, 0.3) is 0 Å². The molecule has 0 aromatic rings. The molecular formula is C19H35N5O8. The first-order valence-corrected chi connectivity index (χ1v) is 10.4. The van der Waals surface area contributed by atoms with Crippen molar-refractivity contribution in [2.75, 3.05) is 13.2 Å². The van der Waals surface area contributed by atoms with Crippen LogP contribution in [0.1, 0.15) is 46.0 Å². The predicted molar refractivity (Wildman–Crippen MR) is 113 cm³/mol. The van der Waals surface area contributed by atoms with Crippen molar-refractivity contribution in [1.82, 2.24) is 16.0 Å². The number of aliphatic carboxylic acids is 2. The van der Waals surface area contributed by atoms with Crippen LogP contribution in [0.2, 0.25) is 0 Å². The van der Waals surface area contributed by atoms with Gasteiger partial charge in [-0.1, -0.05) is 26.7 Å². The van der Waals surface area contributed by atoms with Crippen LogP contribution in [0.3, 0.4) is 0 Å². The van der Waals surface area contributed by atoms with E-state index in [1.54, 1.807) is 13.8 Å². The van der Waals surface area contributed by atoms with Crippen LogP contribution in [-0.2, 0) is 24.0 Å². The summed E-state index contributed by atoms with van der Waals surface area (Å²) in [5, 5.41) is 34.0. The lowest BCUT2D eigenvalue weighted by molar-refractivity contribution is -0.144. The van der Waals surface area contributed by atoms with Crippen molar-refractivity contribution in [2.45, 2.75) is 70.1 Å². The van der Waals surface area contributed by atoms with E-state index < -0.39 is 72.8 Å². The van der Waals surface area contributed by atoms with Crippen LogP contribution in [0.4, 0.5) is 0 Å². The molecule has 0 aromatic heterocycles. The van der Waals surface area contributed by atoms with Gasteiger partial charge in [-0.2, -0.15) is 0 Å². The third kappa shape index (κ3) is 10.5. The zero-order valence-corrected chi connectivity index (χ0v) is 18.4. The molecule has 0 aliphatic rings. The zero-order valence-electron chi connectivity index (χ0n) is 18.4. The summed E-state index contributed by atoms with van der Waals surface area (Å²) >= 11 is 0. The molecule has 0 saturated carbocycles.